The second kappa shape index (κ2) is 4.07. The van der Waals surface area contributed by atoms with Gasteiger partial charge < -0.3 is 5.11 Å². The van der Waals surface area contributed by atoms with Crippen molar-refractivity contribution in [2.24, 2.45) is 0 Å². The van der Waals surface area contributed by atoms with Crippen LogP contribution in [0, 0.1) is 0 Å². The molecule has 4 aromatic rings. The van der Waals surface area contributed by atoms with E-state index in [-0.39, 0.29) is 17.0 Å². The van der Waals surface area contributed by atoms with Crippen molar-refractivity contribution in [3.8, 4) is 5.82 Å². The fourth-order valence-corrected chi connectivity index (χ4v) is 2.12. The highest BCUT2D eigenvalue weighted by Crippen LogP contribution is 2.20. The lowest BCUT2D eigenvalue weighted by Crippen LogP contribution is -2.06. The Bertz CT molecular complexity index is 988. The standard InChI is InChI=1S/C12H7N7O2/c20-12(21)8-10-14-5-2-6-18(10)16-11(8)19-9-7(15-17-19)3-1-4-13-9/h1-6H,(H,20,21). The molecular formula is C12H7N7O2. The number of carboxylic acids is 1. The van der Waals surface area contributed by atoms with Crippen molar-refractivity contribution in [3.05, 3.63) is 42.4 Å². The van der Waals surface area contributed by atoms with Crippen LogP contribution in [0.2, 0.25) is 0 Å². The molecule has 4 rings (SSSR count). The first-order valence-corrected chi connectivity index (χ1v) is 5.99. The van der Waals surface area contributed by atoms with Gasteiger partial charge in [0.2, 0.25) is 0 Å². The summed E-state index contributed by atoms with van der Waals surface area (Å²) in [6.07, 6.45) is 4.70. The van der Waals surface area contributed by atoms with Crippen molar-refractivity contribution < 1.29 is 9.90 Å². The van der Waals surface area contributed by atoms with E-state index in [0.29, 0.717) is 11.2 Å². The van der Waals surface area contributed by atoms with E-state index >= 15 is 0 Å². The summed E-state index contributed by atoms with van der Waals surface area (Å²) in [7, 11) is 0. The van der Waals surface area contributed by atoms with Gasteiger partial charge in [0.15, 0.2) is 22.7 Å². The number of aromatic nitrogens is 7. The number of nitrogens with zero attached hydrogens (tertiary/aromatic N) is 7. The van der Waals surface area contributed by atoms with Crippen molar-refractivity contribution in [2.75, 3.05) is 0 Å². The third kappa shape index (κ3) is 1.57. The number of hydrogen-bond donors (Lipinski definition) is 1. The van der Waals surface area contributed by atoms with E-state index < -0.39 is 5.97 Å². The van der Waals surface area contributed by atoms with Crippen LogP contribution < -0.4 is 0 Å². The van der Waals surface area contributed by atoms with E-state index in [4.69, 9.17) is 0 Å². The number of pyridine rings is 1. The van der Waals surface area contributed by atoms with Crippen molar-refractivity contribution in [2.45, 2.75) is 0 Å². The number of carboxylic acid groups (broad SMARTS) is 1. The van der Waals surface area contributed by atoms with Gasteiger partial charge in [0, 0.05) is 18.6 Å². The Labute approximate surface area is 116 Å². The molecule has 0 radical (unpaired) electrons. The van der Waals surface area contributed by atoms with Gasteiger partial charge in [0.25, 0.3) is 0 Å². The van der Waals surface area contributed by atoms with E-state index in [0.717, 1.165) is 0 Å². The molecule has 0 unspecified atom stereocenters. The molecule has 4 heterocycles. The quantitative estimate of drug-likeness (QED) is 0.571. The maximum absolute atomic E-state index is 11.6. The molecule has 1 N–H and O–H groups in total. The fraction of sp³-hybridized carbons (Fsp3) is 0. The highest BCUT2D eigenvalue weighted by atomic mass is 16.4. The Morgan fingerprint density at radius 2 is 1.95 bits per heavy atom. The summed E-state index contributed by atoms with van der Waals surface area (Å²) in [5.74, 6) is -1.01. The van der Waals surface area contributed by atoms with Crippen molar-refractivity contribution in [1.82, 2.24) is 34.6 Å². The Morgan fingerprint density at radius 1 is 1.14 bits per heavy atom. The van der Waals surface area contributed by atoms with Gasteiger partial charge in [0.1, 0.15) is 5.52 Å². The third-order valence-electron chi connectivity index (χ3n) is 3.00. The first-order chi connectivity index (χ1) is 10.3. The van der Waals surface area contributed by atoms with Crippen molar-refractivity contribution >= 4 is 22.8 Å². The highest BCUT2D eigenvalue weighted by molar-refractivity contribution is 5.98. The van der Waals surface area contributed by atoms with Crippen LogP contribution in [0.4, 0.5) is 0 Å². The van der Waals surface area contributed by atoms with Gasteiger partial charge in [-0.15, -0.1) is 10.2 Å². The highest BCUT2D eigenvalue weighted by Gasteiger charge is 2.24. The Morgan fingerprint density at radius 3 is 2.81 bits per heavy atom. The van der Waals surface area contributed by atoms with E-state index in [9.17, 15) is 9.90 Å². The van der Waals surface area contributed by atoms with Gasteiger partial charge >= 0.3 is 5.97 Å². The Hall–Kier alpha value is -3.36. The summed E-state index contributed by atoms with van der Waals surface area (Å²) < 4.78 is 2.68. The number of fused-ring (bicyclic) bond motifs is 2. The minimum absolute atomic E-state index is 0.0481. The summed E-state index contributed by atoms with van der Waals surface area (Å²) in [4.78, 5) is 19.8. The van der Waals surface area contributed by atoms with Crippen molar-refractivity contribution in [3.63, 3.8) is 0 Å². The molecule has 0 spiro atoms. The van der Waals surface area contributed by atoms with Gasteiger partial charge in [-0.3, -0.25) is 0 Å². The molecule has 0 bridgehead atoms. The van der Waals surface area contributed by atoms with Gasteiger partial charge in [0.05, 0.1) is 0 Å². The molecule has 9 heteroatoms. The normalized spacial score (nSPS) is 11.2. The van der Waals surface area contributed by atoms with E-state index in [2.05, 4.69) is 25.4 Å². The number of aromatic carboxylic acids is 1. The topological polar surface area (TPSA) is 111 Å². The summed E-state index contributed by atoms with van der Waals surface area (Å²) in [6.45, 7) is 0. The zero-order valence-electron chi connectivity index (χ0n) is 10.5. The molecule has 0 saturated heterocycles. The van der Waals surface area contributed by atoms with Crippen LogP contribution in [0.5, 0.6) is 0 Å². The lowest BCUT2D eigenvalue weighted by Gasteiger charge is -1.97. The van der Waals surface area contributed by atoms with E-state index in [1.54, 1.807) is 30.6 Å². The van der Waals surface area contributed by atoms with Gasteiger partial charge in [-0.2, -0.15) is 4.68 Å². The molecule has 0 aliphatic heterocycles. The average molecular weight is 281 g/mol. The summed E-state index contributed by atoms with van der Waals surface area (Å²) in [5, 5.41) is 21.6. The van der Waals surface area contributed by atoms with Crippen LogP contribution in [0.25, 0.3) is 22.6 Å². The van der Waals surface area contributed by atoms with Crippen LogP contribution in [0.1, 0.15) is 10.4 Å². The number of hydrogen-bond acceptors (Lipinski definition) is 6. The van der Waals surface area contributed by atoms with Crippen LogP contribution in [-0.2, 0) is 0 Å². The largest absolute Gasteiger partial charge is 0.477 e. The molecule has 0 amide bonds. The van der Waals surface area contributed by atoms with E-state index in [1.807, 2.05) is 0 Å². The summed E-state index contributed by atoms with van der Waals surface area (Å²) in [6, 6.07) is 5.12. The molecule has 0 fully saturated rings. The Balaban J connectivity index is 2.10. The predicted octanol–water partition coefficient (Wildman–Crippen LogP) is 0.556. The van der Waals surface area contributed by atoms with Crippen LogP contribution in [-0.4, -0.2) is 45.7 Å². The Kier molecular flexibility index (Phi) is 2.22. The zero-order chi connectivity index (χ0) is 14.4. The molecule has 0 aliphatic carbocycles. The molecule has 9 nitrogen and oxygen atoms in total. The smallest absolute Gasteiger partial charge is 0.343 e. The van der Waals surface area contributed by atoms with Crippen LogP contribution in [0.15, 0.2) is 36.8 Å². The third-order valence-corrected chi connectivity index (χ3v) is 3.00. The minimum Gasteiger partial charge on any atom is -0.477 e. The number of rotatable bonds is 2. The van der Waals surface area contributed by atoms with Crippen molar-refractivity contribution in [1.29, 1.82) is 0 Å². The molecule has 0 saturated carbocycles. The molecule has 0 aliphatic rings. The minimum atomic E-state index is -1.14. The first-order valence-electron chi connectivity index (χ1n) is 5.99. The maximum atomic E-state index is 11.6. The lowest BCUT2D eigenvalue weighted by molar-refractivity contribution is 0.0698. The summed E-state index contributed by atoms with van der Waals surface area (Å²) in [5.41, 5.74) is 1.18. The molecule has 4 aromatic heterocycles. The number of carbonyl (C=O) groups is 1. The second-order valence-corrected chi connectivity index (χ2v) is 4.24. The maximum Gasteiger partial charge on any atom is 0.343 e. The lowest BCUT2D eigenvalue weighted by atomic mass is 10.3. The van der Waals surface area contributed by atoms with Crippen LogP contribution in [0.3, 0.4) is 0 Å². The molecular weight excluding hydrogens is 274 g/mol. The first kappa shape index (κ1) is 11.5. The van der Waals surface area contributed by atoms with Gasteiger partial charge in [-0.05, 0) is 18.2 Å². The molecule has 102 valence electrons. The van der Waals surface area contributed by atoms with Gasteiger partial charge in [-0.1, -0.05) is 5.21 Å². The molecule has 0 atom stereocenters. The molecule has 0 aromatic carbocycles. The molecule has 21 heavy (non-hydrogen) atoms. The van der Waals surface area contributed by atoms with Crippen LogP contribution >= 0.6 is 0 Å². The second-order valence-electron chi connectivity index (χ2n) is 4.24. The fourth-order valence-electron chi connectivity index (χ4n) is 2.12. The average Bonchev–Trinajstić information content (AvgIpc) is 3.08. The van der Waals surface area contributed by atoms with E-state index in [1.165, 1.54) is 15.4 Å². The SMILES string of the molecule is O=C(O)c1c(-n2nnc3cccnc32)nn2cccnc12. The monoisotopic (exact) mass is 281 g/mol. The van der Waals surface area contributed by atoms with Gasteiger partial charge in [-0.25, -0.2) is 19.3 Å². The summed E-state index contributed by atoms with van der Waals surface area (Å²) >= 11 is 0. The zero-order valence-corrected chi connectivity index (χ0v) is 10.5. The predicted molar refractivity (Wildman–Crippen MR) is 70.2 cm³/mol.